The number of aromatic nitrogens is 1. The van der Waals surface area contributed by atoms with Crippen LogP contribution >= 0.6 is 0 Å². The molecule has 7 heteroatoms. The fraction of sp³-hybridized carbons (Fsp3) is 0.400. The van der Waals surface area contributed by atoms with Crippen molar-refractivity contribution in [3.63, 3.8) is 0 Å². The summed E-state index contributed by atoms with van der Waals surface area (Å²) in [4.78, 5) is 10.4. The van der Waals surface area contributed by atoms with Crippen LogP contribution in [0.1, 0.15) is 12.0 Å². The lowest BCUT2D eigenvalue weighted by molar-refractivity contribution is 0.409. The highest BCUT2D eigenvalue weighted by Crippen LogP contribution is 2.21. The zero-order valence-electron chi connectivity index (χ0n) is 15.8. The van der Waals surface area contributed by atoms with Crippen molar-refractivity contribution in [2.75, 3.05) is 38.7 Å². The maximum Gasteiger partial charge on any atom is 0.191 e. The zero-order chi connectivity index (χ0) is 19.1. The molecule has 1 aromatic heterocycles. The molecular formula is C20H26FN5O. The first-order valence-corrected chi connectivity index (χ1v) is 9.16. The van der Waals surface area contributed by atoms with Gasteiger partial charge in [0.25, 0.3) is 0 Å². The van der Waals surface area contributed by atoms with Crippen molar-refractivity contribution < 1.29 is 9.13 Å². The first kappa shape index (κ1) is 18.9. The summed E-state index contributed by atoms with van der Waals surface area (Å²) in [5.74, 6) is 1.78. The number of hydrogen-bond donors (Lipinski definition) is 2. The molecule has 2 N–H and O–H groups in total. The number of methoxy groups -OCH3 is 1. The third-order valence-electron chi connectivity index (χ3n) is 4.67. The lowest BCUT2D eigenvalue weighted by Gasteiger charge is -2.20. The molecule has 1 aliphatic rings. The van der Waals surface area contributed by atoms with Crippen LogP contribution in [0.5, 0.6) is 5.75 Å². The van der Waals surface area contributed by atoms with Crippen LogP contribution in [0.4, 0.5) is 10.2 Å². The lowest BCUT2D eigenvalue weighted by atomic mass is 10.1. The van der Waals surface area contributed by atoms with Gasteiger partial charge < -0.3 is 20.3 Å². The Labute approximate surface area is 159 Å². The predicted molar refractivity (Wildman–Crippen MR) is 106 cm³/mol. The summed E-state index contributed by atoms with van der Waals surface area (Å²) < 4.78 is 19.3. The van der Waals surface area contributed by atoms with Crippen LogP contribution in [0.15, 0.2) is 47.6 Å². The van der Waals surface area contributed by atoms with Gasteiger partial charge in [-0.15, -0.1) is 0 Å². The van der Waals surface area contributed by atoms with Crippen LogP contribution in [0.25, 0.3) is 0 Å². The van der Waals surface area contributed by atoms with Gasteiger partial charge in [-0.3, -0.25) is 4.99 Å². The number of rotatable bonds is 6. The third kappa shape index (κ3) is 4.87. The molecule has 1 saturated heterocycles. The molecule has 0 amide bonds. The number of ether oxygens (including phenoxy) is 1. The molecule has 1 fully saturated rings. The molecule has 3 rings (SSSR count). The Morgan fingerprint density at radius 2 is 2.19 bits per heavy atom. The van der Waals surface area contributed by atoms with Crippen molar-refractivity contribution >= 4 is 11.8 Å². The zero-order valence-corrected chi connectivity index (χ0v) is 15.8. The number of nitrogens with zero attached hydrogens (tertiary/aromatic N) is 3. The number of pyridine rings is 1. The number of para-hydroxylation sites is 1. The second-order valence-electron chi connectivity index (χ2n) is 6.45. The number of hydrogen-bond acceptors (Lipinski definition) is 4. The van der Waals surface area contributed by atoms with E-state index < -0.39 is 0 Å². The molecular weight excluding hydrogens is 345 g/mol. The fourth-order valence-electron chi connectivity index (χ4n) is 3.29. The van der Waals surface area contributed by atoms with E-state index in [-0.39, 0.29) is 11.9 Å². The van der Waals surface area contributed by atoms with Crippen molar-refractivity contribution in [3.05, 3.63) is 54.0 Å². The Morgan fingerprint density at radius 1 is 1.33 bits per heavy atom. The number of nitrogens with one attached hydrogen (secondary N) is 2. The topological polar surface area (TPSA) is 61.8 Å². The highest BCUT2D eigenvalue weighted by Gasteiger charge is 2.25. The fourth-order valence-corrected chi connectivity index (χ4v) is 3.29. The first-order valence-electron chi connectivity index (χ1n) is 9.16. The van der Waals surface area contributed by atoms with Crippen molar-refractivity contribution in [2.45, 2.75) is 18.9 Å². The smallest absolute Gasteiger partial charge is 0.191 e. The van der Waals surface area contributed by atoms with Crippen LogP contribution in [0, 0.1) is 5.82 Å². The summed E-state index contributed by atoms with van der Waals surface area (Å²) in [6.07, 6.45) is 3.36. The van der Waals surface area contributed by atoms with Gasteiger partial charge >= 0.3 is 0 Å². The molecule has 2 heterocycles. The van der Waals surface area contributed by atoms with Crippen LogP contribution in [0.3, 0.4) is 0 Å². The van der Waals surface area contributed by atoms with Crippen LogP contribution in [-0.2, 0) is 6.42 Å². The summed E-state index contributed by atoms with van der Waals surface area (Å²) in [6.45, 7) is 2.20. The Kier molecular flexibility index (Phi) is 6.46. The monoisotopic (exact) mass is 371 g/mol. The number of guanidine groups is 1. The minimum atomic E-state index is -0.280. The van der Waals surface area contributed by atoms with E-state index in [0.29, 0.717) is 12.4 Å². The molecule has 0 spiro atoms. The number of benzene rings is 1. The minimum absolute atomic E-state index is 0.198. The predicted octanol–water partition coefficient (Wildman–Crippen LogP) is 2.22. The Balaban J connectivity index is 1.49. The van der Waals surface area contributed by atoms with Gasteiger partial charge in [0, 0.05) is 38.9 Å². The van der Waals surface area contributed by atoms with Gasteiger partial charge in [-0.05, 0) is 36.6 Å². The number of halogens is 1. The van der Waals surface area contributed by atoms with Gasteiger partial charge in [0.15, 0.2) is 17.6 Å². The average Bonchev–Trinajstić information content (AvgIpc) is 3.16. The van der Waals surface area contributed by atoms with Crippen LogP contribution < -0.4 is 20.3 Å². The van der Waals surface area contributed by atoms with E-state index >= 15 is 0 Å². The molecule has 144 valence electrons. The molecule has 27 heavy (non-hydrogen) atoms. The first-order chi connectivity index (χ1) is 13.2. The minimum Gasteiger partial charge on any atom is -0.496 e. The molecule has 1 unspecified atom stereocenters. The van der Waals surface area contributed by atoms with E-state index in [4.69, 9.17) is 4.74 Å². The van der Waals surface area contributed by atoms with Gasteiger partial charge in [-0.25, -0.2) is 9.37 Å². The second kappa shape index (κ2) is 9.21. The Bertz CT molecular complexity index is 782. The molecule has 0 saturated carbocycles. The largest absolute Gasteiger partial charge is 0.496 e. The van der Waals surface area contributed by atoms with E-state index in [0.717, 1.165) is 43.2 Å². The molecule has 0 bridgehead atoms. The van der Waals surface area contributed by atoms with Gasteiger partial charge in [-0.2, -0.15) is 0 Å². The summed E-state index contributed by atoms with van der Waals surface area (Å²) >= 11 is 0. The summed E-state index contributed by atoms with van der Waals surface area (Å²) in [7, 11) is 3.44. The number of anilines is 1. The molecule has 6 nitrogen and oxygen atoms in total. The summed E-state index contributed by atoms with van der Waals surface area (Å²) in [5, 5.41) is 6.75. The highest BCUT2D eigenvalue weighted by atomic mass is 19.1. The molecule has 1 aliphatic heterocycles. The van der Waals surface area contributed by atoms with Crippen molar-refractivity contribution in [2.24, 2.45) is 4.99 Å². The molecule has 1 atom stereocenters. The molecule has 2 aromatic rings. The number of aliphatic imine (C=N–C) groups is 1. The van der Waals surface area contributed by atoms with E-state index in [2.05, 4.69) is 26.7 Å². The quantitative estimate of drug-likeness (QED) is 0.602. The van der Waals surface area contributed by atoms with Crippen LogP contribution in [-0.4, -0.2) is 50.8 Å². The van der Waals surface area contributed by atoms with Gasteiger partial charge in [-0.1, -0.05) is 18.2 Å². The normalized spacial score (nSPS) is 17.1. The van der Waals surface area contributed by atoms with Gasteiger partial charge in [0.2, 0.25) is 0 Å². The average molecular weight is 371 g/mol. The second-order valence-corrected chi connectivity index (χ2v) is 6.45. The van der Waals surface area contributed by atoms with Crippen molar-refractivity contribution in [1.82, 2.24) is 15.6 Å². The Morgan fingerprint density at radius 3 is 2.96 bits per heavy atom. The van der Waals surface area contributed by atoms with Crippen LogP contribution in [0.2, 0.25) is 0 Å². The Hall–Kier alpha value is -2.83. The van der Waals surface area contributed by atoms with Gasteiger partial charge in [0.05, 0.1) is 7.11 Å². The van der Waals surface area contributed by atoms with E-state index in [1.807, 2.05) is 23.1 Å². The standard InChI is InChI=1S/C20H26FN5O/c1-22-20(24-12-9-15-6-3-4-8-18(15)27-2)25-16-10-13-26(14-16)19-17(21)7-5-11-23-19/h3-8,11,16H,9-10,12-14H2,1-2H3,(H2,22,24,25). The highest BCUT2D eigenvalue weighted by molar-refractivity contribution is 5.80. The summed E-state index contributed by atoms with van der Waals surface area (Å²) in [6, 6.07) is 11.3. The molecule has 0 aliphatic carbocycles. The van der Waals surface area contributed by atoms with Crippen molar-refractivity contribution in [1.29, 1.82) is 0 Å². The lowest BCUT2D eigenvalue weighted by Crippen LogP contribution is -2.45. The van der Waals surface area contributed by atoms with E-state index in [9.17, 15) is 4.39 Å². The summed E-state index contributed by atoms with van der Waals surface area (Å²) in [5.41, 5.74) is 1.15. The molecule has 0 radical (unpaired) electrons. The van der Waals surface area contributed by atoms with E-state index in [1.54, 1.807) is 26.4 Å². The maximum absolute atomic E-state index is 13.9. The third-order valence-corrected chi connectivity index (χ3v) is 4.67. The molecule has 1 aromatic carbocycles. The maximum atomic E-state index is 13.9. The van der Waals surface area contributed by atoms with Gasteiger partial charge in [0.1, 0.15) is 5.75 Å². The SMILES string of the molecule is CN=C(NCCc1ccccc1OC)NC1CCN(c2ncccc2F)C1. The van der Waals surface area contributed by atoms with E-state index in [1.165, 1.54) is 6.07 Å². The van der Waals surface area contributed by atoms with Crippen molar-refractivity contribution in [3.8, 4) is 5.75 Å².